The molecular weight excluding hydrogens is 472 g/mol. The molecule has 148 valence electrons. The summed E-state index contributed by atoms with van der Waals surface area (Å²) in [7, 11) is 0. The molecule has 7 heteroatoms. The molecule has 2 aliphatic rings. The number of nitro benzene ring substituents is 1. The quantitative estimate of drug-likeness (QED) is 0.362. The van der Waals surface area contributed by atoms with Crippen LogP contribution in [-0.2, 0) is 0 Å². The zero-order valence-corrected chi connectivity index (χ0v) is 17.6. The van der Waals surface area contributed by atoms with Crippen LogP contribution < -0.4 is 5.32 Å². The van der Waals surface area contributed by atoms with Gasteiger partial charge in [-0.2, -0.15) is 0 Å². The highest BCUT2D eigenvalue weighted by atomic mass is 127. The van der Waals surface area contributed by atoms with Gasteiger partial charge in [-0.05, 0) is 78.0 Å². The molecule has 2 aromatic rings. The Hall–Kier alpha value is -1.74. The van der Waals surface area contributed by atoms with Crippen LogP contribution in [0.15, 0.2) is 42.5 Å². The summed E-state index contributed by atoms with van der Waals surface area (Å²) in [6.07, 6.45) is 3.92. The topological polar surface area (TPSA) is 58.4 Å². The van der Waals surface area contributed by atoms with Gasteiger partial charge in [0.15, 0.2) is 0 Å². The monoisotopic (exact) mass is 495 g/mol. The van der Waals surface area contributed by atoms with Crippen LogP contribution >= 0.6 is 22.6 Å². The van der Waals surface area contributed by atoms with Gasteiger partial charge in [-0.1, -0.05) is 18.2 Å². The fourth-order valence-corrected chi connectivity index (χ4v) is 5.07. The molecule has 0 spiro atoms. The van der Waals surface area contributed by atoms with E-state index >= 15 is 0 Å². The summed E-state index contributed by atoms with van der Waals surface area (Å²) < 4.78 is 15.0. The third kappa shape index (κ3) is 4.15. The van der Waals surface area contributed by atoms with Crippen LogP contribution in [-0.4, -0.2) is 35.0 Å². The molecule has 5 nitrogen and oxygen atoms in total. The molecule has 0 amide bonds. The summed E-state index contributed by atoms with van der Waals surface area (Å²) in [5.74, 6) is 0.146. The summed E-state index contributed by atoms with van der Waals surface area (Å²) in [5.41, 5.74) is 1.57. The fraction of sp³-hybridized carbons (Fsp3) is 0.429. The molecule has 2 heterocycles. The number of hydrogen-bond acceptors (Lipinski definition) is 4. The van der Waals surface area contributed by atoms with Crippen molar-refractivity contribution >= 4 is 34.0 Å². The maximum Gasteiger partial charge on any atom is 0.293 e. The largest absolute Gasteiger partial charge is 0.377 e. The van der Waals surface area contributed by atoms with Gasteiger partial charge in [-0.25, -0.2) is 4.39 Å². The van der Waals surface area contributed by atoms with E-state index in [2.05, 4.69) is 32.8 Å². The normalized spacial score (nSPS) is 25.1. The maximum atomic E-state index is 14.1. The molecule has 3 atom stereocenters. The number of nitrogens with zero attached hydrogens (tertiary/aromatic N) is 2. The lowest BCUT2D eigenvalue weighted by atomic mass is 9.82. The second kappa shape index (κ2) is 8.32. The number of piperidine rings is 2. The molecule has 2 aliphatic heterocycles. The van der Waals surface area contributed by atoms with Crippen molar-refractivity contribution in [2.24, 2.45) is 0 Å². The first-order valence-corrected chi connectivity index (χ1v) is 10.8. The number of anilines is 1. The second-order valence-corrected chi connectivity index (χ2v) is 8.97. The Morgan fingerprint density at radius 2 is 2.00 bits per heavy atom. The standard InChI is InChI=1S/C21H23FIN3O2/c22-19-4-2-1-3-18(19)14-5-7-17-12-16(9-10-25(17)13-14)24-20-8-6-15(23)11-21(20)26(27)28/h1-4,6,8,11,14,16-17,24H,5,7,9-10,12-13H2/t14-,16+,17+/m0/s1. The van der Waals surface area contributed by atoms with E-state index in [0.717, 1.165) is 47.9 Å². The van der Waals surface area contributed by atoms with E-state index in [1.54, 1.807) is 24.3 Å². The highest BCUT2D eigenvalue weighted by molar-refractivity contribution is 14.1. The Morgan fingerprint density at radius 3 is 2.79 bits per heavy atom. The van der Waals surface area contributed by atoms with Crippen molar-refractivity contribution in [2.75, 3.05) is 18.4 Å². The van der Waals surface area contributed by atoms with Crippen molar-refractivity contribution in [1.29, 1.82) is 0 Å². The minimum absolute atomic E-state index is 0.103. The van der Waals surface area contributed by atoms with E-state index in [9.17, 15) is 14.5 Å². The molecule has 28 heavy (non-hydrogen) atoms. The Morgan fingerprint density at radius 1 is 1.18 bits per heavy atom. The second-order valence-electron chi connectivity index (χ2n) is 7.73. The number of fused-ring (bicyclic) bond motifs is 1. The third-order valence-electron chi connectivity index (χ3n) is 6.00. The van der Waals surface area contributed by atoms with Crippen molar-refractivity contribution in [3.05, 3.63) is 67.5 Å². The molecule has 0 aliphatic carbocycles. The summed E-state index contributed by atoms with van der Waals surface area (Å²) in [4.78, 5) is 13.5. The molecule has 0 unspecified atom stereocenters. The van der Waals surface area contributed by atoms with E-state index < -0.39 is 0 Å². The smallest absolute Gasteiger partial charge is 0.293 e. The lowest BCUT2D eigenvalue weighted by Gasteiger charge is -2.45. The van der Waals surface area contributed by atoms with E-state index in [-0.39, 0.29) is 28.4 Å². The zero-order chi connectivity index (χ0) is 19.7. The Labute approximate surface area is 177 Å². The van der Waals surface area contributed by atoms with Crippen molar-refractivity contribution < 1.29 is 9.31 Å². The average Bonchev–Trinajstić information content (AvgIpc) is 2.69. The molecule has 2 saturated heterocycles. The lowest BCUT2D eigenvalue weighted by Crippen LogP contribution is -2.50. The van der Waals surface area contributed by atoms with Crippen molar-refractivity contribution in [3.8, 4) is 0 Å². The van der Waals surface area contributed by atoms with Crippen LogP contribution in [0.2, 0.25) is 0 Å². The predicted octanol–water partition coefficient (Wildman–Crippen LogP) is 5.16. The molecule has 4 rings (SSSR count). The van der Waals surface area contributed by atoms with Gasteiger partial charge < -0.3 is 5.32 Å². The first-order chi connectivity index (χ1) is 13.5. The van der Waals surface area contributed by atoms with E-state index in [0.29, 0.717) is 11.7 Å². The van der Waals surface area contributed by atoms with Gasteiger partial charge in [0, 0.05) is 34.8 Å². The van der Waals surface area contributed by atoms with Gasteiger partial charge >= 0.3 is 0 Å². The van der Waals surface area contributed by atoms with Gasteiger partial charge in [0.05, 0.1) is 4.92 Å². The predicted molar refractivity (Wildman–Crippen MR) is 116 cm³/mol. The fourth-order valence-electron chi connectivity index (χ4n) is 4.60. The van der Waals surface area contributed by atoms with Crippen molar-refractivity contribution in [1.82, 2.24) is 4.90 Å². The molecule has 0 bridgehead atoms. The van der Waals surface area contributed by atoms with Crippen LogP contribution in [0.1, 0.15) is 37.2 Å². The molecular formula is C21H23FIN3O2. The maximum absolute atomic E-state index is 14.1. The number of benzene rings is 2. The lowest BCUT2D eigenvalue weighted by molar-refractivity contribution is -0.384. The number of rotatable bonds is 4. The van der Waals surface area contributed by atoms with Gasteiger partial charge in [0.2, 0.25) is 0 Å². The number of halogens is 2. The summed E-state index contributed by atoms with van der Waals surface area (Å²) >= 11 is 2.09. The van der Waals surface area contributed by atoms with E-state index in [1.165, 1.54) is 0 Å². The third-order valence-corrected chi connectivity index (χ3v) is 6.67. The first kappa shape index (κ1) is 19.6. The molecule has 0 aromatic heterocycles. The van der Waals surface area contributed by atoms with Gasteiger partial charge in [-0.3, -0.25) is 15.0 Å². The zero-order valence-electron chi connectivity index (χ0n) is 15.5. The van der Waals surface area contributed by atoms with E-state index in [1.807, 2.05) is 18.2 Å². The average molecular weight is 495 g/mol. The van der Waals surface area contributed by atoms with Crippen LogP contribution in [0.25, 0.3) is 0 Å². The molecule has 2 aromatic carbocycles. The SMILES string of the molecule is O=[N+]([O-])c1cc(I)ccc1N[C@@H]1CCN2C[C@@H](c3ccccc3F)CC[C@@H]2C1. The molecule has 0 radical (unpaired) electrons. The van der Waals surface area contributed by atoms with Crippen LogP contribution in [0.5, 0.6) is 0 Å². The Balaban J connectivity index is 1.41. The number of nitro groups is 1. The Bertz CT molecular complexity index is 878. The molecule has 0 saturated carbocycles. The Kier molecular flexibility index (Phi) is 5.82. The first-order valence-electron chi connectivity index (χ1n) is 9.70. The van der Waals surface area contributed by atoms with Crippen LogP contribution in [0.4, 0.5) is 15.8 Å². The minimum Gasteiger partial charge on any atom is -0.377 e. The van der Waals surface area contributed by atoms with Crippen molar-refractivity contribution in [2.45, 2.75) is 43.7 Å². The summed E-state index contributed by atoms with van der Waals surface area (Å²) in [5, 5.41) is 14.8. The van der Waals surface area contributed by atoms with E-state index in [4.69, 9.17) is 0 Å². The highest BCUT2D eigenvalue weighted by Gasteiger charge is 2.35. The molecule has 2 fully saturated rings. The number of hydrogen-bond donors (Lipinski definition) is 1. The van der Waals surface area contributed by atoms with Crippen LogP contribution in [0, 0.1) is 19.5 Å². The summed E-state index contributed by atoms with van der Waals surface area (Å²) in [6, 6.07) is 13.1. The van der Waals surface area contributed by atoms with Gasteiger partial charge in [0.25, 0.3) is 5.69 Å². The number of nitrogens with one attached hydrogen (secondary N) is 1. The highest BCUT2D eigenvalue weighted by Crippen LogP contribution is 2.36. The minimum atomic E-state index is -0.320. The van der Waals surface area contributed by atoms with Gasteiger partial charge in [-0.15, -0.1) is 0 Å². The van der Waals surface area contributed by atoms with Crippen LogP contribution in [0.3, 0.4) is 0 Å². The van der Waals surface area contributed by atoms with Crippen molar-refractivity contribution in [3.63, 3.8) is 0 Å². The molecule has 1 N–H and O–H groups in total. The summed E-state index contributed by atoms with van der Waals surface area (Å²) in [6.45, 7) is 1.83. The van der Waals surface area contributed by atoms with Gasteiger partial charge in [0.1, 0.15) is 11.5 Å².